The van der Waals surface area contributed by atoms with Crippen LogP contribution >= 0.6 is 0 Å². The summed E-state index contributed by atoms with van der Waals surface area (Å²) in [4.78, 5) is 11.6. The van der Waals surface area contributed by atoms with Gasteiger partial charge < -0.3 is 9.30 Å². The number of methoxy groups -OCH3 is 1. The molecule has 1 aromatic heterocycles. The van der Waals surface area contributed by atoms with Gasteiger partial charge >= 0.3 is 0 Å². The van der Waals surface area contributed by atoms with Gasteiger partial charge in [-0.2, -0.15) is 0 Å². The molecule has 0 fully saturated rings. The normalized spacial score (nSPS) is 16.4. The van der Waals surface area contributed by atoms with Crippen LogP contribution in [-0.2, 0) is 4.79 Å². The molecule has 3 aromatic rings. The van der Waals surface area contributed by atoms with Crippen molar-refractivity contribution in [3.05, 3.63) is 71.4 Å². The van der Waals surface area contributed by atoms with Gasteiger partial charge in [-0.15, -0.1) is 0 Å². The van der Waals surface area contributed by atoms with E-state index in [1.165, 1.54) is 5.39 Å². The van der Waals surface area contributed by atoms with E-state index in [1.54, 1.807) is 7.11 Å². The maximum atomic E-state index is 11.6. The van der Waals surface area contributed by atoms with E-state index in [4.69, 9.17) is 4.74 Å². The Morgan fingerprint density at radius 2 is 1.86 bits per heavy atom. The SMILES string of the molecule is COc1ccccc1[C@@H]1C(C=O)=Cc2cc3ccccc3n21. The molecule has 1 aliphatic heterocycles. The second-order valence-corrected chi connectivity index (χ2v) is 5.40. The van der Waals surface area contributed by atoms with Crippen LogP contribution in [0.25, 0.3) is 17.0 Å². The maximum absolute atomic E-state index is 11.6. The summed E-state index contributed by atoms with van der Waals surface area (Å²) in [5, 5.41) is 1.18. The topological polar surface area (TPSA) is 31.2 Å². The fraction of sp³-hybridized carbons (Fsp3) is 0.105. The molecule has 22 heavy (non-hydrogen) atoms. The minimum atomic E-state index is -0.136. The van der Waals surface area contributed by atoms with Crippen LogP contribution in [0.4, 0.5) is 0 Å². The van der Waals surface area contributed by atoms with Crippen LogP contribution in [0.15, 0.2) is 60.2 Å². The number of hydrogen-bond acceptors (Lipinski definition) is 2. The lowest BCUT2D eigenvalue weighted by molar-refractivity contribution is -0.105. The highest BCUT2D eigenvalue weighted by molar-refractivity contribution is 5.93. The van der Waals surface area contributed by atoms with Gasteiger partial charge in [0.05, 0.1) is 13.2 Å². The summed E-state index contributed by atoms with van der Waals surface area (Å²) < 4.78 is 7.70. The molecule has 3 nitrogen and oxygen atoms in total. The van der Waals surface area contributed by atoms with Crippen molar-refractivity contribution in [2.24, 2.45) is 0 Å². The minimum absolute atomic E-state index is 0.136. The highest BCUT2D eigenvalue weighted by Gasteiger charge is 2.29. The molecule has 1 atom stereocenters. The number of ether oxygens (including phenoxy) is 1. The standard InChI is InChI=1S/C19H15NO2/c1-22-18-9-5-3-7-16(18)19-14(12-21)11-15-10-13-6-2-4-8-17(13)20(15)19/h2-12,19H,1H3/t19-/m0/s1. The summed E-state index contributed by atoms with van der Waals surface area (Å²) >= 11 is 0. The molecule has 1 aliphatic rings. The predicted molar refractivity (Wildman–Crippen MR) is 87.1 cm³/mol. The number of rotatable bonds is 3. The second kappa shape index (κ2) is 4.88. The number of nitrogens with zero attached hydrogens (tertiary/aromatic N) is 1. The number of para-hydroxylation sites is 2. The molecular formula is C19H15NO2. The molecule has 0 radical (unpaired) electrons. The molecule has 4 rings (SSSR count). The van der Waals surface area contributed by atoms with Crippen LogP contribution in [-0.4, -0.2) is 18.0 Å². The summed E-state index contributed by atoms with van der Waals surface area (Å²) in [7, 11) is 1.66. The molecule has 0 saturated heterocycles. The average molecular weight is 289 g/mol. The van der Waals surface area contributed by atoms with Crippen LogP contribution in [0.2, 0.25) is 0 Å². The minimum Gasteiger partial charge on any atom is -0.496 e. The quantitative estimate of drug-likeness (QED) is 0.686. The van der Waals surface area contributed by atoms with Crippen molar-refractivity contribution in [1.82, 2.24) is 4.57 Å². The molecule has 0 N–H and O–H groups in total. The zero-order valence-corrected chi connectivity index (χ0v) is 12.2. The first-order chi connectivity index (χ1) is 10.8. The zero-order chi connectivity index (χ0) is 15.1. The van der Waals surface area contributed by atoms with E-state index in [1.807, 2.05) is 42.5 Å². The summed E-state index contributed by atoms with van der Waals surface area (Å²) in [5.41, 5.74) is 3.94. The number of aldehydes is 1. The van der Waals surface area contributed by atoms with Gasteiger partial charge in [0.2, 0.25) is 0 Å². The van der Waals surface area contributed by atoms with Crippen LogP contribution < -0.4 is 4.74 Å². The Morgan fingerprint density at radius 3 is 2.68 bits per heavy atom. The van der Waals surface area contributed by atoms with Gasteiger partial charge in [-0.1, -0.05) is 36.4 Å². The van der Waals surface area contributed by atoms with Gasteiger partial charge in [0.15, 0.2) is 0 Å². The lowest BCUT2D eigenvalue weighted by Crippen LogP contribution is -2.11. The molecule has 0 spiro atoms. The molecule has 0 amide bonds. The van der Waals surface area contributed by atoms with Crippen molar-refractivity contribution in [1.29, 1.82) is 0 Å². The predicted octanol–water partition coefficient (Wildman–Crippen LogP) is 3.84. The van der Waals surface area contributed by atoms with Crippen molar-refractivity contribution in [3.63, 3.8) is 0 Å². The monoisotopic (exact) mass is 289 g/mol. The first-order valence-corrected chi connectivity index (χ1v) is 7.23. The van der Waals surface area contributed by atoms with E-state index in [2.05, 4.69) is 22.8 Å². The summed E-state index contributed by atoms with van der Waals surface area (Å²) in [5.74, 6) is 0.797. The van der Waals surface area contributed by atoms with Crippen molar-refractivity contribution in [2.45, 2.75) is 6.04 Å². The third-order valence-corrected chi connectivity index (χ3v) is 4.24. The van der Waals surface area contributed by atoms with Gasteiger partial charge in [-0.3, -0.25) is 4.79 Å². The van der Waals surface area contributed by atoms with E-state index in [0.717, 1.165) is 34.4 Å². The Morgan fingerprint density at radius 1 is 1.09 bits per heavy atom. The maximum Gasteiger partial charge on any atom is 0.148 e. The Hall–Kier alpha value is -2.81. The molecule has 108 valence electrons. The van der Waals surface area contributed by atoms with Crippen LogP contribution in [0, 0.1) is 0 Å². The van der Waals surface area contributed by atoms with Crippen molar-refractivity contribution in [3.8, 4) is 5.75 Å². The number of allylic oxidation sites excluding steroid dienone is 1. The van der Waals surface area contributed by atoms with Gasteiger partial charge in [0, 0.05) is 27.7 Å². The van der Waals surface area contributed by atoms with Crippen LogP contribution in [0.3, 0.4) is 0 Å². The summed E-state index contributed by atoms with van der Waals surface area (Å²) in [6.45, 7) is 0. The fourth-order valence-corrected chi connectivity index (χ4v) is 3.30. The number of carbonyl (C=O) groups excluding carboxylic acids is 1. The van der Waals surface area contributed by atoms with Gasteiger partial charge in [0.1, 0.15) is 12.0 Å². The molecular weight excluding hydrogens is 274 g/mol. The Bertz CT molecular complexity index is 905. The molecule has 0 saturated carbocycles. The third kappa shape index (κ3) is 1.72. The Kier molecular flexibility index (Phi) is 2.86. The van der Waals surface area contributed by atoms with Crippen molar-refractivity contribution in [2.75, 3.05) is 7.11 Å². The Labute approximate surface area is 128 Å². The van der Waals surface area contributed by atoms with Gasteiger partial charge in [0.25, 0.3) is 0 Å². The van der Waals surface area contributed by atoms with Crippen LogP contribution in [0.1, 0.15) is 17.3 Å². The largest absolute Gasteiger partial charge is 0.496 e. The number of fused-ring (bicyclic) bond motifs is 3. The smallest absolute Gasteiger partial charge is 0.148 e. The highest BCUT2D eigenvalue weighted by Crippen LogP contribution is 2.41. The molecule has 0 aliphatic carbocycles. The lowest BCUT2D eigenvalue weighted by atomic mass is 9.99. The molecule has 3 heteroatoms. The van der Waals surface area contributed by atoms with E-state index in [0.29, 0.717) is 0 Å². The zero-order valence-electron chi connectivity index (χ0n) is 12.2. The van der Waals surface area contributed by atoms with E-state index < -0.39 is 0 Å². The third-order valence-electron chi connectivity index (χ3n) is 4.24. The van der Waals surface area contributed by atoms with Crippen LogP contribution in [0.5, 0.6) is 5.75 Å². The number of carbonyl (C=O) groups is 1. The van der Waals surface area contributed by atoms with Gasteiger partial charge in [-0.25, -0.2) is 0 Å². The summed E-state index contributed by atoms with van der Waals surface area (Å²) in [6.07, 6.45) is 2.91. The molecule has 2 aromatic carbocycles. The second-order valence-electron chi connectivity index (χ2n) is 5.40. The summed E-state index contributed by atoms with van der Waals surface area (Å²) in [6, 6.07) is 18.1. The molecule has 0 bridgehead atoms. The van der Waals surface area contributed by atoms with Gasteiger partial charge in [-0.05, 0) is 24.3 Å². The Balaban J connectivity index is 2.00. The first kappa shape index (κ1) is 12.9. The van der Waals surface area contributed by atoms with E-state index in [-0.39, 0.29) is 6.04 Å². The fourth-order valence-electron chi connectivity index (χ4n) is 3.30. The lowest BCUT2D eigenvalue weighted by Gasteiger charge is -2.20. The molecule has 2 heterocycles. The number of benzene rings is 2. The first-order valence-electron chi connectivity index (χ1n) is 7.23. The van der Waals surface area contributed by atoms with E-state index in [9.17, 15) is 4.79 Å². The van der Waals surface area contributed by atoms with E-state index >= 15 is 0 Å². The van der Waals surface area contributed by atoms with Crippen molar-refractivity contribution >= 4 is 23.3 Å². The number of aromatic nitrogens is 1. The highest BCUT2D eigenvalue weighted by atomic mass is 16.5. The molecule has 0 unspecified atom stereocenters. The average Bonchev–Trinajstić information content (AvgIpc) is 3.10. The van der Waals surface area contributed by atoms with Crippen molar-refractivity contribution < 1.29 is 9.53 Å². The number of hydrogen-bond donors (Lipinski definition) is 0.